The molecule has 1 aliphatic carbocycles. The van der Waals surface area contributed by atoms with Crippen molar-refractivity contribution < 1.29 is 19.1 Å². The predicted octanol–water partition coefficient (Wildman–Crippen LogP) is 1.98. The normalized spacial score (nSPS) is 18.3. The fourth-order valence-corrected chi connectivity index (χ4v) is 4.09. The van der Waals surface area contributed by atoms with Crippen LogP contribution in [-0.2, 0) is 32.0 Å². The van der Waals surface area contributed by atoms with E-state index in [2.05, 4.69) is 20.6 Å². The maximum Gasteiger partial charge on any atom is 0.315 e. The summed E-state index contributed by atoms with van der Waals surface area (Å²) in [5.41, 5.74) is 7.08. The number of aromatic nitrogens is 2. The van der Waals surface area contributed by atoms with Gasteiger partial charge in [0, 0.05) is 18.7 Å². The van der Waals surface area contributed by atoms with E-state index in [1.807, 2.05) is 51.1 Å². The van der Waals surface area contributed by atoms with Crippen molar-refractivity contribution in [3.63, 3.8) is 0 Å². The molecule has 35 heavy (non-hydrogen) atoms. The molecule has 1 aliphatic rings. The van der Waals surface area contributed by atoms with E-state index in [-0.39, 0.29) is 18.3 Å². The van der Waals surface area contributed by atoms with Gasteiger partial charge >= 0.3 is 5.97 Å². The Kier molecular flexibility index (Phi) is 9.03. The number of nitrogens with one attached hydrogen (secondary N) is 3. The number of rotatable bonds is 9. The van der Waals surface area contributed by atoms with Crippen LogP contribution in [0.5, 0.6) is 0 Å². The van der Waals surface area contributed by atoms with Crippen molar-refractivity contribution in [2.75, 3.05) is 0 Å². The largest absolute Gasteiger partial charge is 0.459 e. The minimum atomic E-state index is -0.894. The van der Waals surface area contributed by atoms with Crippen LogP contribution in [0.1, 0.15) is 57.7 Å². The highest BCUT2D eigenvalue weighted by molar-refractivity contribution is 5.92. The first-order chi connectivity index (χ1) is 16.6. The van der Waals surface area contributed by atoms with Crippen molar-refractivity contribution in [1.29, 1.82) is 0 Å². The summed E-state index contributed by atoms with van der Waals surface area (Å²) in [6, 6.07) is 7.32. The fraction of sp³-hybridized carbons (Fsp3) is 0.500. The third-order valence-corrected chi connectivity index (χ3v) is 5.82. The molecule has 2 aromatic rings. The van der Waals surface area contributed by atoms with E-state index in [1.165, 1.54) is 6.33 Å². The second-order valence-corrected chi connectivity index (χ2v) is 9.96. The monoisotopic (exact) mass is 482 g/mol. The van der Waals surface area contributed by atoms with Gasteiger partial charge in [0.1, 0.15) is 17.6 Å². The lowest BCUT2D eigenvalue weighted by Gasteiger charge is -2.33. The Bertz CT molecular complexity index is 971. The Morgan fingerprint density at radius 3 is 2.54 bits per heavy atom. The summed E-state index contributed by atoms with van der Waals surface area (Å²) < 4.78 is 5.56. The zero-order valence-corrected chi connectivity index (χ0v) is 20.7. The molecule has 189 valence electrons. The molecule has 0 aliphatic heterocycles. The summed E-state index contributed by atoms with van der Waals surface area (Å²) >= 11 is 0. The van der Waals surface area contributed by atoms with Crippen LogP contribution in [0.4, 0.5) is 0 Å². The number of amides is 2. The molecular formula is C26H36N5O4. The topological polar surface area (TPSA) is 139 Å². The quantitative estimate of drug-likeness (QED) is 0.403. The Hall–Kier alpha value is -3.20. The van der Waals surface area contributed by atoms with Gasteiger partial charge in [-0.3, -0.25) is 14.4 Å². The summed E-state index contributed by atoms with van der Waals surface area (Å²) in [5, 5.41) is 5.76. The first-order valence-corrected chi connectivity index (χ1v) is 12.1. The molecule has 0 unspecified atom stereocenters. The number of carbonyl (C=O) groups is 3. The molecule has 3 rings (SSSR count). The molecule has 0 saturated heterocycles. The molecule has 1 fully saturated rings. The highest BCUT2D eigenvalue weighted by Crippen LogP contribution is 2.29. The third-order valence-electron chi connectivity index (χ3n) is 5.82. The highest BCUT2D eigenvalue weighted by Gasteiger charge is 2.37. The van der Waals surface area contributed by atoms with Crippen molar-refractivity contribution in [2.24, 2.45) is 5.73 Å². The number of nitrogens with zero attached hydrogens (tertiary/aromatic N) is 1. The van der Waals surface area contributed by atoms with E-state index in [0.717, 1.165) is 18.4 Å². The van der Waals surface area contributed by atoms with Crippen LogP contribution in [0.15, 0.2) is 42.9 Å². The van der Waals surface area contributed by atoms with E-state index in [4.69, 9.17) is 10.5 Å². The maximum absolute atomic E-state index is 13.3. The minimum absolute atomic E-state index is 0.188. The van der Waals surface area contributed by atoms with Crippen molar-refractivity contribution in [1.82, 2.24) is 20.6 Å². The standard InChI is InChI=1S/C26H36N5O4/c1-26(2,3)35-25(34)19-11-7-8-12-21(19)30-24(33)22(14-18-15-28-16-29-18)31-23(32)20(27)13-17-9-5-4-6-10-17/h4-6,9-10,15-16,20-22H,7-8,11-14,27H2,1-3H3,(H,28,29)(H,30,33)(H,31,32)/t20-,21-,22-/m0/s1. The molecule has 2 amide bonds. The summed E-state index contributed by atoms with van der Waals surface area (Å²) in [5.74, 6) is -0.642. The molecule has 1 heterocycles. The molecule has 9 nitrogen and oxygen atoms in total. The number of aromatic amines is 1. The fourth-order valence-electron chi connectivity index (χ4n) is 4.09. The predicted molar refractivity (Wildman–Crippen MR) is 132 cm³/mol. The number of ether oxygens (including phenoxy) is 1. The maximum atomic E-state index is 13.3. The minimum Gasteiger partial charge on any atom is -0.459 e. The van der Waals surface area contributed by atoms with Gasteiger partial charge in [-0.25, -0.2) is 4.98 Å². The molecule has 5 N–H and O–H groups in total. The lowest BCUT2D eigenvalue weighted by atomic mass is 9.84. The second kappa shape index (κ2) is 12.0. The first-order valence-electron chi connectivity index (χ1n) is 12.1. The summed E-state index contributed by atoms with van der Waals surface area (Å²) in [6.07, 6.45) is 6.68. The Balaban J connectivity index is 1.69. The smallest absolute Gasteiger partial charge is 0.315 e. The van der Waals surface area contributed by atoms with Gasteiger partial charge < -0.3 is 26.1 Å². The Labute approximate surface area is 206 Å². The number of esters is 1. The van der Waals surface area contributed by atoms with Gasteiger partial charge in [0.05, 0.1) is 18.1 Å². The Morgan fingerprint density at radius 2 is 1.89 bits per heavy atom. The van der Waals surface area contributed by atoms with Crippen LogP contribution in [0, 0.1) is 5.92 Å². The molecule has 3 atom stereocenters. The van der Waals surface area contributed by atoms with Gasteiger partial charge in [-0.2, -0.15) is 0 Å². The number of hydrogen-bond acceptors (Lipinski definition) is 6. The van der Waals surface area contributed by atoms with Crippen LogP contribution in [0.2, 0.25) is 0 Å². The van der Waals surface area contributed by atoms with Crippen LogP contribution < -0.4 is 16.4 Å². The van der Waals surface area contributed by atoms with Gasteiger partial charge in [-0.15, -0.1) is 0 Å². The van der Waals surface area contributed by atoms with E-state index < -0.39 is 29.6 Å². The number of H-pyrrole nitrogens is 1. The zero-order valence-electron chi connectivity index (χ0n) is 20.7. The van der Waals surface area contributed by atoms with Crippen molar-refractivity contribution in [2.45, 2.75) is 83.0 Å². The summed E-state index contributed by atoms with van der Waals surface area (Å²) in [6.45, 7) is 5.45. The molecule has 1 aromatic carbocycles. The molecule has 1 saturated carbocycles. The lowest BCUT2D eigenvalue weighted by molar-refractivity contribution is -0.153. The van der Waals surface area contributed by atoms with Gasteiger partial charge in [0.15, 0.2) is 0 Å². The number of carbonyl (C=O) groups excluding carboxylic acids is 3. The van der Waals surface area contributed by atoms with E-state index in [1.54, 1.807) is 6.20 Å². The molecule has 0 bridgehead atoms. The number of nitrogens with two attached hydrogens (primary N) is 1. The SMILES string of the molecule is CC(C)(C)OC(=O)[C]1CCCC[C@@H]1NC(=O)[C@H](Cc1c[nH]cn1)NC(=O)[C@@H](N)Cc1ccccc1. The van der Waals surface area contributed by atoms with Crippen LogP contribution in [0.3, 0.4) is 0 Å². The van der Waals surface area contributed by atoms with Crippen LogP contribution in [-0.4, -0.2) is 51.5 Å². The first kappa shape index (κ1) is 26.4. The van der Waals surface area contributed by atoms with E-state index in [9.17, 15) is 14.4 Å². The van der Waals surface area contributed by atoms with Crippen molar-refractivity contribution >= 4 is 17.8 Å². The van der Waals surface area contributed by atoms with Crippen molar-refractivity contribution in [3.8, 4) is 0 Å². The third kappa shape index (κ3) is 8.20. The molecular weight excluding hydrogens is 446 g/mol. The number of hydrogen-bond donors (Lipinski definition) is 4. The van der Waals surface area contributed by atoms with E-state index in [0.29, 0.717) is 30.9 Å². The highest BCUT2D eigenvalue weighted by atomic mass is 16.6. The van der Waals surface area contributed by atoms with Crippen LogP contribution >= 0.6 is 0 Å². The summed E-state index contributed by atoms with van der Waals surface area (Å²) in [7, 11) is 0. The molecule has 1 aromatic heterocycles. The lowest BCUT2D eigenvalue weighted by Crippen LogP contribution is -2.56. The van der Waals surface area contributed by atoms with E-state index >= 15 is 0 Å². The molecule has 0 spiro atoms. The van der Waals surface area contributed by atoms with Gasteiger partial charge in [-0.05, 0) is 45.6 Å². The molecule has 9 heteroatoms. The van der Waals surface area contributed by atoms with Gasteiger partial charge in [0.25, 0.3) is 0 Å². The molecule has 1 radical (unpaired) electrons. The zero-order chi connectivity index (χ0) is 25.4. The number of imidazole rings is 1. The van der Waals surface area contributed by atoms with Crippen LogP contribution in [0.25, 0.3) is 0 Å². The van der Waals surface area contributed by atoms with Gasteiger partial charge in [0.2, 0.25) is 11.8 Å². The second-order valence-electron chi connectivity index (χ2n) is 9.96. The van der Waals surface area contributed by atoms with Gasteiger partial charge in [-0.1, -0.05) is 43.2 Å². The Morgan fingerprint density at radius 1 is 1.14 bits per heavy atom. The number of benzene rings is 1. The average Bonchev–Trinajstić information content (AvgIpc) is 3.31. The average molecular weight is 483 g/mol. The summed E-state index contributed by atoms with van der Waals surface area (Å²) in [4.78, 5) is 46.0. The van der Waals surface area contributed by atoms with Crippen molar-refractivity contribution in [3.05, 3.63) is 60.0 Å².